The van der Waals surface area contributed by atoms with Crippen molar-refractivity contribution in [2.24, 2.45) is 0 Å². The molecule has 0 aliphatic heterocycles. The number of nitro benzene ring substituents is 1. The van der Waals surface area contributed by atoms with E-state index < -0.39 is 4.92 Å². The second-order valence-electron chi connectivity index (χ2n) is 6.22. The van der Waals surface area contributed by atoms with Crippen LogP contribution in [0, 0.1) is 10.1 Å². The number of rotatable bonds is 5. The Kier molecular flexibility index (Phi) is 4.82. The summed E-state index contributed by atoms with van der Waals surface area (Å²) in [7, 11) is 0. The highest BCUT2D eigenvalue weighted by Gasteiger charge is 2.12. The molecule has 1 aromatic heterocycles. The molecule has 1 heterocycles. The summed E-state index contributed by atoms with van der Waals surface area (Å²) in [5, 5.41) is 14.1. The maximum Gasteiger partial charge on any atom is 0.270 e. The summed E-state index contributed by atoms with van der Waals surface area (Å²) in [6.45, 7) is 0. The largest absolute Gasteiger partial charge is 0.302 e. The van der Waals surface area contributed by atoms with Gasteiger partial charge in [-0.05, 0) is 22.8 Å². The number of non-ortho nitro benzene ring substituents is 1. The maximum atomic E-state index is 12.3. The lowest BCUT2D eigenvalue weighted by atomic mass is 10.0. The van der Waals surface area contributed by atoms with E-state index in [9.17, 15) is 14.9 Å². The second-order valence-corrected chi connectivity index (χ2v) is 7.25. The number of nitro groups is 1. The van der Waals surface area contributed by atoms with Crippen molar-refractivity contribution in [3.63, 3.8) is 0 Å². The number of hydrogen-bond acceptors (Lipinski definition) is 5. The van der Waals surface area contributed by atoms with Crippen LogP contribution < -0.4 is 5.32 Å². The third-order valence-electron chi connectivity index (χ3n) is 4.25. The number of carbonyl (C=O) groups is 1. The molecule has 28 heavy (non-hydrogen) atoms. The van der Waals surface area contributed by atoms with Crippen LogP contribution in [0.2, 0.25) is 0 Å². The summed E-state index contributed by atoms with van der Waals surface area (Å²) >= 11 is 1.22. The Balaban J connectivity index is 1.44. The molecule has 0 spiro atoms. The Morgan fingerprint density at radius 2 is 1.71 bits per heavy atom. The van der Waals surface area contributed by atoms with E-state index >= 15 is 0 Å². The van der Waals surface area contributed by atoms with Crippen LogP contribution in [0.3, 0.4) is 0 Å². The monoisotopic (exact) mass is 389 g/mol. The predicted octanol–water partition coefficient (Wildman–Crippen LogP) is 5.05. The normalized spacial score (nSPS) is 10.7. The fourth-order valence-corrected chi connectivity index (χ4v) is 3.79. The third kappa shape index (κ3) is 3.89. The van der Waals surface area contributed by atoms with E-state index in [4.69, 9.17) is 0 Å². The summed E-state index contributed by atoms with van der Waals surface area (Å²) in [4.78, 5) is 27.1. The van der Waals surface area contributed by atoms with Gasteiger partial charge in [0.25, 0.3) is 5.69 Å². The molecule has 0 radical (unpaired) electrons. The lowest BCUT2D eigenvalue weighted by Crippen LogP contribution is -2.14. The molecule has 1 amide bonds. The number of amides is 1. The van der Waals surface area contributed by atoms with Crippen LogP contribution in [0.5, 0.6) is 0 Å². The summed E-state index contributed by atoms with van der Waals surface area (Å²) in [5.74, 6) is -0.180. The molecule has 6 nitrogen and oxygen atoms in total. The zero-order valence-electron chi connectivity index (χ0n) is 14.7. The number of aromatic nitrogens is 1. The number of carbonyl (C=O) groups excluding carboxylic acids is 1. The molecule has 0 fully saturated rings. The van der Waals surface area contributed by atoms with Crippen LogP contribution >= 0.6 is 11.3 Å². The van der Waals surface area contributed by atoms with Crippen molar-refractivity contribution < 1.29 is 9.72 Å². The van der Waals surface area contributed by atoms with E-state index in [1.807, 2.05) is 54.6 Å². The minimum Gasteiger partial charge on any atom is -0.302 e. The first-order valence-corrected chi connectivity index (χ1v) is 9.39. The van der Waals surface area contributed by atoms with Gasteiger partial charge in [-0.25, -0.2) is 4.98 Å². The van der Waals surface area contributed by atoms with Crippen LogP contribution in [-0.2, 0) is 11.2 Å². The zero-order chi connectivity index (χ0) is 19.5. The first-order valence-electron chi connectivity index (χ1n) is 8.58. The van der Waals surface area contributed by atoms with Crippen molar-refractivity contribution in [2.45, 2.75) is 6.42 Å². The molecule has 3 aromatic carbocycles. The highest BCUT2D eigenvalue weighted by molar-refractivity contribution is 7.22. The Morgan fingerprint density at radius 1 is 1.00 bits per heavy atom. The van der Waals surface area contributed by atoms with Gasteiger partial charge in [-0.15, -0.1) is 0 Å². The molecule has 1 N–H and O–H groups in total. The molecule has 0 atom stereocenters. The molecule has 4 rings (SSSR count). The summed E-state index contributed by atoms with van der Waals surface area (Å²) < 4.78 is 0.664. The number of nitrogens with one attached hydrogen (secondary N) is 1. The molecule has 0 saturated carbocycles. The van der Waals surface area contributed by atoms with Crippen LogP contribution in [0.4, 0.5) is 10.8 Å². The lowest BCUT2D eigenvalue weighted by molar-refractivity contribution is -0.384. The molecular formula is C21H15N3O3S. The Labute approximate surface area is 164 Å². The van der Waals surface area contributed by atoms with E-state index in [0.717, 1.165) is 16.7 Å². The van der Waals surface area contributed by atoms with Crippen molar-refractivity contribution in [1.29, 1.82) is 0 Å². The van der Waals surface area contributed by atoms with Crippen LogP contribution in [-0.4, -0.2) is 15.8 Å². The van der Waals surface area contributed by atoms with Crippen LogP contribution in [0.25, 0.3) is 21.3 Å². The van der Waals surface area contributed by atoms with Gasteiger partial charge in [0.1, 0.15) is 0 Å². The lowest BCUT2D eigenvalue weighted by Gasteiger charge is -2.05. The van der Waals surface area contributed by atoms with Gasteiger partial charge in [-0.3, -0.25) is 14.9 Å². The average molecular weight is 389 g/mol. The fraction of sp³-hybridized carbons (Fsp3) is 0.0476. The fourth-order valence-electron chi connectivity index (χ4n) is 2.87. The predicted molar refractivity (Wildman–Crippen MR) is 110 cm³/mol. The van der Waals surface area contributed by atoms with Gasteiger partial charge in [0, 0.05) is 12.1 Å². The molecule has 7 heteroatoms. The average Bonchev–Trinajstić information content (AvgIpc) is 3.10. The second kappa shape index (κ2) is 7.58. The summed E-state index contributed by atoms with van der Waals surface area (Å²) in [6.07, 6.45) is 0.227. The Hall–Kier alpha value is -3.58. The molecule has 0 unspecified atom stereocenters. The molecule has 0 saturated heterocycles. The number of thiazole rings is 1. The first kappa shape index (κ1) is 17.8. The third-order valence-corrected chi connectivity index (χ3v) is 5.19. The van der Waals surface area contributed by atoms with Gasteiger partial charge in [0.2, 0.25) is 5.91 Å². The topological polar surface area (TPSA) is 85.1 Å². The van der Waals surface area contributed by atoms with E-state index in [2.05, 4.69) is 10.3 Å². The highest BCUT2D eigenvalue weighted by Crippen LogP contribution is 2.29. The number of hydrogen-bond donors (Lipinski definition) is 1. The number of nitrogens with zero attached hydrogens (tertiary/aromatic N) is 2. The summed E-state index contributed by atoms with van der Waals surface area (Å²) in [6, 6.07) is 22.3. The molecular weight excluding hydrogens is 374 g/mol. The minimum atomic E-state index is -0.448. The van der Waals surface area contributed by atoms with Crippen molar-refractivity contribution >= 4 is 38.3 Å². The van der Waals surface area contributed by atoms with Crippen molar-refractivity contribution in [1.82, 2.24) is 4.98 Å². The van der Waals surface area contributed by atoms with Gasteiger partial charge in [-0.2, -0.15) is 0 Å². The van der Waals surface area contributed by atoms with Gasteiger partial charge >= 0.3 is 0 Å². The van der Waals surface area contributed by atoms with E-state index in [1.54, 1.807) is 6.07 Å². The number of anilines is 1. The first-order chi connectivity index (χ1) is 13.6. The Bertz CT molecular complexity index is 1150. The quantitative estimate of drug-likeness (QED) is 0.382. The zero-order valence-corrected chi connectivity index (χ0v) is 15.5. The smallest absolute Gasteiger partial charge is 0.270 e. The molecule has 0 bridgehead atoms. The molecule has 4 aromatic rings. The molecule has 0 aliphatic carbocycles. The van der Waals surface area contributed by atoms with Crippen LogP contribution in [0.15, 0.2) is 72.8 Å². The van der Waals surface area contributed by atoms with Crippen LogP contribution in [0.1, 0.15) is 5.56 Å². The van der Waals surface area contributed by atoms with Crippen molar-refractivity contribution in [3.05, 3.63) is 88.5 Å². The number of benzene rings is 3. The maximum absolute atomic E-state index is 12.3. The van der Waals surface area contributed by atoms with Gasteiger partial charge in [0.15, 0.2) is 5.13 Å². The van der Waals surface area contributed by atoms with E-state index in [1.165, 1.54) is 23.5 Å². The molecule has 0 aliphatic rings. The number of fused-ring (bicyclic) bond motifs is 1. The van der Waals surface area contributed by atoms with Gasteiger partial charge in [-0.1, -0.05) is 65.9 Å². The van der Waals surface area contributed by atoms with Crippen molar-refractivity contribution in [3.8, 4) is 11.1 Å². The standard InChI is InChI=1S/C21H15N3O3S/c25-20(12-14-6-8-16(9-7-14)15-4-2-1-3-5-15)23-21-22-18-11-10-17(24(26)27)13-19(18)28-21/h1-11,13H,12H2,(H,22,23,25). The summed E-state index contributed by atoms with van der Waals surface area (Å²) in [5.41, 5.74) is 3.75. The highest BCUT2D eigenvalue weighted by atomic mass is 32.1. The van der Waals surface area contributed by atoms with Crippen molar-refractivity contribution in [2.75, 3.05) is 5.32 Å². The minimum absolute atomic E-state index is 0.00697. The van der Waals surface area contributed by atoms with Gasteiger partial charge < -0.3 is 5.32 Å². The SMILES string of the molecule is O=C(Cc1ccc(-c2ccccc2)cc1)Nc1nc2ccc([N+](=O)[O-])cc2s1. The Morgan fingerprint density at radius 3 is 2.43 bits per heavy atom. The van der Waals surface area contributed by atoms with Gasteiger partial charge in [0.05, 0.1) is 21.6 Å². The van der Waals surface area contributed by atoms with E-state index in [0.29, 0.717) is 15.3 Å². The van der Waals surface area contributed by atoms with E-state index in [-0.39, 0.29) is 18.0 Å². The molecule has 138 valence electrons.